The molecule has 0 aromatic heterocycles. The maximum absolute atomic E-state index is 11.3. The Balaban J connectivity index is 2.25. The monoisotopic (exact) mass is 340 g/mol. The van der Waals surface area contributed by atoms with Gasteiger partial charge in [-0.25, -0.2) is 0 Å². The average molecular weight is 341 g/mol. The van der Waals surface area contributed by atoms with Crippen LogP contribution >= 0.6 is 0 Å². The summed E-state index contributed by atoms with van der Waals surface area (Å²) in [6, 6.07) is 4.26. The molecule has 0 amide bonds. The first-order chi connectivity index (χ1) is 10.9. The molecule has 0 unspecified atom stereocenters. The lowest BCUT2D eigenvalue weighted by molar-refractivity contribution is 0.481. The standard InChI is InChI=1S/C18H30NO3S/c1-2-3-4-5-6-7-8-9-10-11-12-16-15-17(19)13-14-18(16)23(20,21)22/h13-15,19H,2-12H2,1H3,(H,20,21,22). The normalized spacial score (nSPS) is 11.7. The van der Waals surface area contributed by atoms with E-state index < -0.39 is 10.1 Å². The van der Waals surface area contributed by atoms with Gasteiger partial charge in [0.1, 0.15) is 0 Å². The summed E-state index contributed by atoms with van der Waals surface area (Å²) < 4.78 is 31.9. The van der Waals surface area contributed by atoms with Gasteiger partial charge >= 0.3 is 0 Å². The van der Waals surface area contributed by atoms with Crippen LogP contribution in [0.3, 0.4) is 0 Å². The zero-order valence-corrected chi connectivity index (χ0v) is 15.0. The highest BCUT2D eigenvalue weighted by Crippen LogP contribution is 2.22. The molecule has 0 saturated heterocycles. The largest absolute Gasteiger partial charge is 0.301 e. The Kier molecular flexibility index (Phi) is 9.26. The molecule has 1 aromatic rings. The van der Waals surface area contributed by atoms with E-state index in [1.807, 2.05) is 0 Å². The summed E-state index contributed by atoms with van der Waals surface area (Å²) in [5.41, 5.74) is 8.43. The minimum atomic E-state index is -4.20. The number of unbranched alkanes of at least 4 members (excludes halogenated alkanes) is 9. The van der Waals surface area contributed by atoms with E-state index in [9.17, 15) is 13.0 Å². The Bertz CT molecular complexity index is 555. The van der Waals surface area contributed by atoms with Crippen molar-refractivity contribution in [3.63, 3.8) is 0 Å². The Morgan fingerprint density at radius 1 is 0.913 bits per heavy atom. The number of benzene rings is 1. The van der Waals surface area contributed by atoms with Crippen molar-refractivity contribution in [2.24, 2.45) is 0 Å². The van der Waals surface area contributed by atoms with E-state index in [-0.39, 0.29) is 10.6 Å². The number of aryl methyl sites for hydroxylation is 1. The topological polar surface area (TPSA) is 78.2 Å². The van der Waals surface area contributed by atoms with Crippen LogP contribution in [0.15, 0.2) is 23.1 Å². The average Bonchev–Trinajstić information content (AvgIpc) is 2.48. The molecule has 0 atom stereocenters. The number of hydrogen-bond acceptors (Lipinski definition) is 2. The Morgan fingerprint density at radius 3 is 1.96 bits per heavy atom. The molecule has 5 heteroatoms. The molecule has 4 nitrogen and oxygen atoms in total. The maximum atomic E-state index is 11.3. The lowest BCUT2D eigenvalue weighted by Crippen LogP contribution is -2.03. The summed E-state index contributed by atoms with van der Waals surface area (Å²) >= 11 is 0. The summed E-state index contributed by atoms with van der Waals surface area (Å²) in [7, 11) is -4.20. The van der Waals surface area contributed by atoms with E-state index >= 15 is 0 Å². The molecular formula is C18H30NO3S. The second kappa shape index (κ2) is 10.7. The summed E-state index contributed by atoms with van der Waals surface area (Å²) in [6.45, 7) is 2.23. The van der Waals surface area contributed by atoms with Gasteiger partial charge in [0.2, 0.25) is 0 Å². The van der Waals surface area contributed by atoms with Crippen LogP contribution in [0, 0.1) is 0 Å². The van der Waals surface area contributed by atoms with Crippen LogP contribution in [0.25, 0.3) is 0 Å². The van der Waals surface area contributed by atoms with Gasteiger partial charge in [0.15, 0.2) is 0 Å². The van der Waals surface area contributed by atoms with Crippen molar-refractivity contribution in [3.05, 3.63) is 23.8 Å². The van der Waals surface area contributed by atoms with E-state index in [1.54, 1.807) is 0 Å². The first kappa shape index (κ1) is 20.0. The molecule has 131 valence electrons. The van der Waals surface area contributed by atoms with E-state index in [4.69, 9.17) is 5.73 Å². The van der Waals surface area contributed by atoms with Gasteiger partial charge in [-0.3, -0.25) is 4.55 Å². The van der Waals surface area contributed by atoms with Gasteiger partial charge in [-0.2, -0.15) is 8.42 Å². The highest BCUT2D eigenvalue weighted by Gasteiger charge is 2.15. The molecule has 0 fully saturated rings. The van der Waals surface area contributed by atoms with Gasteiger partial charge in [-0.15, -0.1) is 0 Å². The number of rotatable bonds is 12. The van der Waals surface area contributed by atoms with Gasteiger partial charge in [0, 0.05) is 0 Å². The summed E-state index contributed by atoms with van der Waals surface area (Å²) in [6.07, 6.45) is 12.8. The fraction of sp³-hybridized carbons (Fsp3) is 0.667. The maximum Gasteiger partial charge on any atom is 0.294 e. The molecule has 1 rings (SSSR count). The van der Waals surface area contributed by atoms with Crippen LogP contribution in [0.1, 0.15) is 76.7 Å². The van der Waals surface area contributed by atoms with Crippen molar-refractivity contribution in [2.75, 3.05) is 0 Å². The molecule has 1 radical (unpaired) electrons. The fourth-order valence-electron chi connectivity index (χ4n) is 2.83. The Labute approximate surface area is 141 Å². The molecular weight excluding hydrogens is 310 g/mol. The van der Waals surface area contributed by atoms with E-state index in [1.165, 1.54) is 63.1 Å². The van der Waals surface area contributed by atoms with E-state index in [0.29, 0.717) is 12.0 Å². The van der Waals surface area contributed by atoms with Crippen molar-refractivity contribution in [2.45, 2.75) is 82.4 Å². The highest BCUT2D eigenvalue weighted by atomic mass is 32.2. The zero-order valence-electron chi connectivity index (χ0n) is 14.2. The van der Waals surface area contributed by atoms with Crippen LogP contribution in [-0.4, -0.2) is 13.0 Å². The first-order valence-corrected chi connectivity index (χ1v) is 10.2. The predicted octanol–water partition coefficient (Wildman–Crippen LogP) is 5.31. The third-order valence-electron chi connectivity index (χ3n) is 4.14. The molecule has 0 aliphatic carbocycles. The minimum Gasteiger partial charge on any atom is -0.301 e. The Hall–Kier alpha value is -1.07. The molecule has 0 saturated carbocycles. The third kappa shape index (κ3) is 8.37. The van der Waals surface area contributed by atoms with Gasteiger partial charge in [-0.1, -0.05) is 64.7 Å². The summed E-state index contributed by atoms with van der Waals surface area (Å²) in [5, 5.41) is 0. The predicted molar refractivity (Wildman–Crippen MR) is 94.6 cm³/mol. The van der Waals surface area contributed by atoms with Crippen molar-refractivity contribution in [1.82, 2.24) is 5.73 Å². The molecule has 0 aliphatic rings. The van der Waals surface area contributed by atoms with Gasteiger partial charge in [0.05, 0.1) is 10.6 Å². The molecule has 0 aliphatic heterocycles. The molecule has 0 heterocycles. The van der Waals surface area contributed by atoms with E-state index in [0.717, 1.165) is 19.3 Å². The van der Waals surface area contributed by atoms with Crippen molar-refractivity contribution < 1.29 is 13.0 Å². The van der Waals surface area contributed by atoms with Crippen LogP contribution in [0.4, 0.5) is 5.69 Å². The lowest BCUT2D eigenvalue weighted by atomic mass is 10.0. The second-order valence-electron chi connectivity index (χ2n) is 6.23. The van der Waals surface area contributed by atoms with Crippen LogP contribution in [-0.2, 0) is 16.5 Å². The van der Waals surface area contributed by atoms with Gasteiger partial charge in [-0.05, 0) is 36.6 Å². The summed E-state index contributed by atoms with van der Waals surface area (Å²) in [5.74, 6) is 0. The third-order valence-corrected chi connectivity index (χ3v) is 5.09. The van der Waals surface area contributed by atoms with Gasteiger partial charge < -0.3 is 5.73 Å². The molecule has 23 heavy (non-hydrogen) atoms. The molecule has 1 aromatic carbocycles. The number of hydrogen-bond donors (Lipinski definition) is 1. The summed E-state index contributed by atoms with van der Waals surface area (Å²) in [4.78, 5) is -0.0515. The minimum absolute atomic E-state index is 0.0515. The lowest BCUT2D eigenvalue weighted by Gasteiger charge is -2.08. The first-order valence-electron chi connectivity index (χ1n) is 8.77. The fourth-order valence-corrected chi connectivity index (χ4v) is 3.56. The van der Waals surface area contributed by atoms with Crippen LogP contribution < -0.4 is 5.73 Å². The molecule has 2 N–H and O–H groups in total. The van der Waals surface area contributed by atoms with Crippen molar-refractivity contribution in [3.8, 4) is 0 Å². The number of nitrogens with one attached hydrogen (secondary N) is 1. The smallest absolute Gasteiger partial charge is 0.294 e. The van der Waals surface area contributed by atoms with Crippen LogP contribution in [0.2, 0.25) is 0 Å². The van der Waals surface area contributed by atoms with Crippen LogP contribution in [0.5, 0.6) is 0 Å². The Morgan fingerprint density at radius 2 is 1.43 bits per heavy atom. The zero-order chi connectivity index (χ0) is 17.1. The highest BCUT2D eigenvalue weighted by molar-refractivity contribution is 7.85. The molecule has 0 spiro atoms. The van der Waals surface area contributed by atoms with E-state index in [2.05, 4.69) is 6.92 Å². The second-order valence-corrected chi connectivity index (χ2v) is 7.62. The molecule has 0 bridgehead atoms. The SMILES string of the molecule is CCCCCCCCCCCCc1cc([NH])ccc1S(=O)(=O)O. The van der Waals surface area contributed by atoms with Crippen molar-refractivity contribution >= 4 is 15.8 Å². The quantitative estimate of drug-likeness (QED) is 0.413. The van der Waals surface area contributed by atoms with Gasteiger partial charge in [0.25, 0.3) is 10.1 Å². The van der Waals surface area contributed by atoms with Crippen molar-refractivity contribution in [1.29, 1.82) is 0 Å².